The van der Waals surface area contributed by atoms with Gasteiger partial charge in [0.15, 0.2) is 5.82 Å². The van der Waals surface area contributed by atoms with E-state index in [2.05, 4.69) is 44.1 Å². The summed E-state index contributed by atoms with van der Waals surface area (Å²) in [4.78, 5) is 24.1. The molecular formula is C30H44F3N7O2. The molecule has 1 aromatic carbocycles. The second-order valence-electron chi connectivity index (χ2n) is 12.1. The van der Waals surface area contributed by atoms with Crippen molar-refractivity contribution in [2.75, 3.05) is 50.7 Å². The van der Waals surface area contributed by atoms with E-state index in [0.717, 1.165) is 45.4 Å². The number of ether oxygens (including phenoxy) is 1. The average Bonchev–Trinajstić information content (AvgIpc) is 3.37. The van der Waals surface area contributed by atoms with E-state index in [4.69, 9.17) is 4.74 Å². The van der Waals surface area contributed by atoms with Crippen molar-refractivity contribution in [3.8, 4) is 11.6 Å². The molecule has 42 heavy (non-hydrogen) atoms. The molecule has 1 atom stereocenters. The number of rotatable bonds is 14. The van der Waals surface area contributed by atoms with Gasteiger partial charge in [-0.05, 0) is 70.7 Å². The number of carbonyl (C=O) groups excluding carboxylic acids is 1. The van der Waals surface area contributed by atoms with Crippen LogP contribution >= 0.6 is 0 Å². The molecule has 0 unspecified atom stereocenters. The summed E-state index contributed by atoms with van der Waals surface area (Å²) in [5.41, 5.74) is 0.248. The maximum Gasteiger partial charge on any atom is 0.282 e. The molecule has 1 N–H and O–H groups in total. The molecule has 3 heterocycles. The number of benzene rings is 1. The molecular weight excluding hydrogens is 547 g/mol. The van der Waals surface area contributed by atoms with E-state index < -0.39 is 12.2 Å². The Bertz CT molecular complexity index is 1190. The SMILES string of the molecule is CCN(C(=O)c1cc(F)ccc1Oc1nncnc1N1CCC2(C1)CN([C@H](CCCNCC(F)F)C(C)C)C2)C(C)C. The second-order valence-corrected chi connectivity index (χ2v) is 12.1. The molecule has 1 amide bonds. The largest absolute Gasteiger partial charge is 0.434 e. The summed E-state index contributed by atoms with van der Waals surface area (Å²) in [6.45, 7) is 14.4. The summed E-state index contributed by atoms with van der Waals surface area (Å²) >= 11 is 0. The van der Waals surface area contributed by atoms with Crippen molar-refractivity contribution < 1.29 is 22.7 Å². The minimum atomic E-state index is -2.32. The lowest BCUT2D eigenvalue weighted by Gasteiger charge is -2.53. The monoisotopic (exact) mass is 591 g/mol. The maximum atomic E-state index is 14.2. The van der Waals surface area contributed by atoms with Gasteiger partial charge in [0.25, 0.3) is 18.2 Å². The quantitative estimate of drug-likeness (QED) is 0.312. The van der Waals surface area contributed by atoms with E-state index in [1.165, 1.54) is 24.5 Å². The molecule has 2 aromatic rings. The first kappa shape index (κ1) is 31.9. The molecule has 232 valence electrons. The van der Waals surface area contributed by atoms with Crippen LogP contribution < -0.4 is 15.0 Å². The molecule has 1 aromatic heterocycles. The topological polar surface area (TPSA) is 86.7 Å². The Morgan fingerprint density at radius 2 is 1.95 bits per heavy atom. The highest BCUT2D eigenvalue weighted by Gasteiger charge is 2.50. The van der Waals surface area contributed by atoms with Gasteiger partial charge in [0.05, 0.1) is 12.1 Å². The molecule has 2 aliphatic heterocycles. The van der Waals surface area contributed by atoms with Gasteiger partial charge in [-0.3, -0.25) is 9.69 Å². The van der Waals surface area contributed by atoms with Crippen LogP contribution in [0.1, 0.15) is 64.2 Å². The lowest BCUT2D eigenvalue weighted by molar-refractivity contribution is -0.0339. The van der Waals surface area contributed by atoms with Crippen LogP contribution in [0, 0.1) is 17.2 Å². The van der Waals surface area contributed by atoms with Crippen LogP contribution in [0.3, 0.4) is 0 Å². The first-order valence-electron chi connectivity index (χ1n) is 15.0. The lowest BCUT2D eigenvalue weighted by Crippen LogP contribution is -2.62. The Hall–Kier alpha value is -2.99. The zero-order valence-corrected chi connectivity index (χ0v) is 25.3. The van der Waals surface area contributed by atoms with Crippen LogP contribution in [-0.2, 0) is 0 Å². The van der Waals surface area contributed by atoms with Gasteiger partial charge in [-0.15, -0.1) is 10.2 Å². The van der Waals surface area contributed by atoms with Crippen LogP contribution in [0.5, 0.6) is 11.6 Å². The number of hydrogen-bond acceptors (Lipinski definition) is 8. The molecule has 0 saturated carbocycles. The summed E-state index contributed by atoms with van der Waals surface area (Å²) in [6.07, 6.45) is 1.88. The lowest BCUT2D eigenvalue weighted by atomic mass is 9.76. The standard InChI is InChI=1S/C30H44F3N7O2/c1-6-40(21(4)5)29(41)23-14-22(31)9-10-25(23)42-28-27(35-19-36-37-28)38-13-11-30(16-38)17-39(18-30)24(20(2)3)8-7-12-34-15-26(32)33/h9-10,14,19-21,24,26,34H,6-8,11-13,15-18H2,1-5H3/t24-/m1/s1. The Labute approximate surface area is 246 Å². The maximum absolute atomic E-state index is 14.2. The molecule has 2 fully saturated rings. The number of carbonyl (C=O) groups is 1. The second kappa shape index (κ2) is 14.0. The van der Waals surface area contributed by atoms with Crippen molar-refractivity contribution in [1.29, 1.82) is 0 Å². The van der Waals surface area contributed by atoms with Crippen molar-refractivity contribution in [2.45, 2.75) is 72.4 Å². The zero-order valence-electron chi connectivity index (χ0n) is 25.3. The average molecular weight is 592 g/mol. The van der Waals surface area contributed by atoms with E-state index in [1.807, 2.05) is 20.8 Å². The molecule has 9 nitrogen and oxygen atoms in total. The van der Waals surface area contributed by atoms with E-state index in [1.54, 1.807) is 4.90 Å². The summed E-state index contributed by atoms with van der Waals surface area (Å²) in [5.74, 6) is 0.548. The molecule has 0 radical (unpaired) electrons. The molecule has 12 heteroatoms. The molecule has 2 saturated heterocycles. The highest BCUT2D eigenvalue weighted by Crippen LogP contribution is 2.44. The van der Waals surface area contributed by atoms with Crippen LogP contribution in [-0.4, -0.2) is 95.2 Å². The van der Waals surface area contributed by atoms with Gasteiger partial charge in [-0.25, -0.2) is 18.2 Å². The number of nitrogens with one attached hydrogen (secondary N) is 1. The predicted molar refractivity (Wildman–Crippen MR) is 156 cm³/mol. The number of halogens is 3. The van der Waals surface area contributed by atoms with Crippen LogP contribution in [0.25, 0.3) is 0 Å². The highest BCUT2D eigenvalue weighted by atomic mass is 19.3. The van der Waals surface area contributed by atoms with E-state index >= 15 is 0 Å². The third-order valence-electron chi connectivity index (χ3n) is 8.38. The first-order chi connectivity index (χ1) is 20.0. The van der Waals surface area contributed by atoms with Gasteiger partial charge in [0.1, 0.15) is 17.9 Å². The number of amides is 1. The van der Waals surface area contributed by atoms with E-state index in [0.29, 0.717) is 30.9 Å². The van der Waals surface area contributed by atoms with Crippen LogP contribution in [0.15, 0.2) is 24.5 Å². The van der Waals surface area contributed by atoms with Gasteiger partial charge < -0.3 is 19.9 Å². The van der Waals surface area contributed by atoms with E-state index in [-0.39, 0.29) is 41.1 Å². The number of nitrogens with zero attached hydrogens (tertiary/aromatic N) is 6. The van der Waals surface area contributed by atoms with Gasteiger partial charge in [-0.1, -0.05) is 13.8 Å². The van der Waals surface area contributed by atoms with Crippen molar-refractivity contribution in [3.05, 3.63) is 35.9 Å². The summed E-state index contributed by atoms with van der Waals surface area (Å²) in [6, 6.07) is 4.24. The third-order valence-corrected chi connectivity index (χ3v) is 8.38. The van der Waals surface area contributed by atoms with Gasteiger partial charge in [0.2, 0.25) is 0 Å². The molecule has 0 aliphatic carbocycles. The smallest absolute Gasteiger partial charge is 0.282 e. The van der Waals surface area contributed by atoms with Crippen molar-refractivity contribution in [2.24, 2.45) is 11.3 Å². The molecule has 0 bridgehead atoms. The number of likely N-dealkylation sites (tertiary alicyclic amines) is 1. The minimum Gasteiger partial charge on any atom is -0.434 e. The molecule has 4 rings (SSSR count). The first-order valence-corrected chi connectivity index (χ1v) is 15.0. The fraction of sp³-hybridized carbons (Fsp3) is 0.667. The van der Waals surface area contributed by atoms with E-state index in [9.17, 15) is 18.0 Å². The van der Waals surface area contributed by atoms with Gasteiger partial charge in [-0.2, -0.15) is 0 Å². The Morgan fingerprint density at radius 1 is 1.19 bits per heavy atom. The third kappa shape index (κ3) is 7.50. The summed E-state index contributed by atoms with van der Waals surface area (Å²) in [7, 11) is 0. The van der Waals surface area contributed by atoms with Crippen molar-refractivity contribution in [1.82, 2.24) is 30.3 Å². The predicted octanol–water partition coefficient (Wildman–Crippen LogP) is 4.85. The van der Waals surface area contributed by atoms with Crippen LogP contribution in [0.4, 0.5) is 19.0 Å². The minimum absolute atomic E-state index is 0.0624. The van der Waals surface area contributed by atoms with Crippen molar-refractivity contribution in [3.63, 3.8) is 0 Å². The molecule has 2 aliphatic rings. The number of alkyl halides is 2. The Kier molecular flexibility index (Phi) is 10.6. The number of hydrogen-bond donors (Lipinski definition) is 1. The zero-order chi connectivity index (χ0) is 30.4. The van der Waals surface area contributed by atoms with Gasteiger partial charge >= 0.3 is 0 Å². The highest BCUT2D eigenvalue weighted by molar-refractivity contribution is 5.97. The Morgan fingerprint density at radius 3 is 2.62 bits per heavy atom. The number of aromatic nitrogens is 3. The van der Waals surface area contributed by atoms with Crippen molar-refractivity contribution >= 4 is 11.7 Å². The van der Waals surface area contributed by atoms with Gasteiger partial charge in [0, 0.05) is 50.2 Å². The van der Waals surface area contributed by atoms with Crippen LogP contribution in [0.2, 0.25) is 0 Å². The normalized spacial score (nSPS) is 17.4. The Balaban J connectivity index is 1.42. The number of anilines is 1. The molecule has 1 spiro atoms. The summed E-state index contributed by atoms with van der Waals surface area (Å²) < 4.78 is 45.2. The summed E-state index contributed by atoms with van der Waals surface area (Å²) in [5, 5.41) is 11.0. The fourth-order valence-corrected chi connectivity index (χ4v) is 6.31. The fourth-order valence-electron chi connectivity index (χ4n) is 6.31.